The molecule has 0 saturated carbocycles. The van der Waals surface area contributed by atoms with E-state index in [2.05, 4.69) is 10.3 Å². The lowest BCUT2D eigenvalue weighted by Gasteiger charge is -2.19. The Hall–Kier alpha value is -3.17. The molecular weight excluding hydrogens is 440 g/mol. The van der Waals surface area contributed by atoms with Gasteiger partial charge in [0.1, 0.15) is 0 Å². The summed E-state index contributed by atoms with van der Waals surface area (Å²) in [6.45, 7) is 2.97. The van der Waals surface area contributed by atoms with Crippen molar-refractivity contribution >= 4 is 45.9 Å². The molecule has 9 heteroatoms. The molecule has 8 nitrogen and oxygen atoms in total. The first kappa shape index (κ1) is 23.0. The van der Waals surface area contributed by atoms with E-state index in [4.69, 9.17) is 4.74 Å². The normalized spacial score (nSPS) is 14.6. The van der Waals surface area contributed by atoms with Crippen molar-refractivity contribution in [2.75, 3.05) is 36.2 Å². The van der Waals surface area contributed by atoms with Crippen LogP contribution in [0.4, 0.5) is 11.4 Å². The molecule has 172 valence electrons. The molecule has 33 heavy (non-hydrogen) atoms. The zero-order valence-electron chi connectivity index (χ0n) is 18.6. The van der Waals surface area contributed by atoms with Gasteiger partial charge in [-0.3, -0.25) is 19.0 Å². The maximum atomic E-state index is 13.1. The highest BCUT2D eigenvalue weighted by Gasteiger charge is 2.21. The summed E-state index contributed by atoms with van der Waals surface area (Å²) in [5.41, 5.74) is 1.92. The van der Waals surface area contributed by atoms with Crippen LogP contribution in [-0.4, -0.2) is 47.4 Å². The smallest absolute Gasteiger partial charge is 0.262 e. The first-order valence-electron chi connectivity index (χ1n) is 10.8. The lowest BCUT2D eigenvalue weighted by molar-refractivity contribution is -0.117. The van der Waals surface area contributed by atoms with Crippen molar-refractivity contribution < 1.29 is 14.3 Å². The Balaban J connectivity index is 1.47. The van der Waals surface area contributed by atoms with E-state index in [0.29, 0.717) is 34.8 Å². The molecule has 0 spiro atoms. The summed E-state index contributed by atoms with van der Waals surface area (Å²) in [4.78, 5) is 44.0. The van der Waals surface area contributed by atoms with Crippen LogP contribution in [0.15, 0.2) is 58.5 Å². The van der Waals surface area contributed by atoms with Gasteiger partial charge in [-0.05, 0) is 49.7 Å². The van der Waals surface area contributed by atoms with Crippen LogP contribution in [0.3, 0.4) is 0 Å². The second kappa shape index (κ2) is 10.2. The van der Waals surface area contributed by atoms with E-state index in [1.165, 1.54) is 11.8 Å². The van der Waals surface area contributed by atoms with Gasteiger partial charge in [0.2, 0.25) is 11.8 Å². The first-order valence-corrected chi connectivity index (χ1v) is 11.8. The first-order chi connectivity index (χ1) is 16.0. The van der Waals surface area contributed by atoms with Gasteiger partial charge in [0.15, 0.2) is 5.16 Å². The zero-order valence-corrected chi connectivity index (χ0v) is 19.4. The second-order valence-corrected chi connectivity index (χ2v) is 8.87. The van der Waals surface area contributed by atoms with Crippen molar-refractivity contribution in [3.8, 4) is 0 Å². The lowest BCUT2D eigenvalue weighted by Crippen LogP contribution is -2.29. The molecule has 2 aromatic carbocycles. The third-order valence-electron chi connectivity index (χ3n) is 5.49. The average Bonchev–Trinajstić information content (AvgIpc) is 3.24. The van der Waals surface area contributed by atoms with Gasteiger partial charge in [-0.25, -0.2) is 4.98 Å². The quantitative estimate of drug-likeness (QED) is 0.404. The fourth-order valence-corrected chi connectivity index (χ4v) is 4.80. The molecule has 2 heterocycles. The number of rotatable bonds is 8. The zero-order chi connectivity index (χ0) is 23.4. The van der Waals surface area contributed by atoms with E-state index < -0.39 is 0 Å². The van der Waals surface area contributed by atoms with E-state index in [0.717, 1.165) is 18.7 Å². The molecule has 1 fully saturated rings. The Kier molecular flexibility index (Phi) is 7.10. The molecule has 1 aromatic heterocycles. The minimum atomic E-state index is -0.231. The summed E-state index contributed by atoms with van der Waals surface area (Å²) in [5, 5.41) is 3.87. The molecule has 3 aromatic rings. The molecule has 0 aliphatic carbocycles. The van der Waals surface area contributed by atoms with Gasteiger partial charge in [0, 0.05) is 31.5 Å². The summed E-state index contributed by atoms with van der Waals surface area (Å²) >= 11 is 1.21. The van der Waals surface area contributed by atoms with Gasteiger partial charge in [0.05, 0.1) is 29.3 Å². The van der Waals surface area contributed by atoms with Crippen molar-refractivity contribution in [3.05, 3.63) is 58.9 Å². The highest BCUT2D eigenvalue weighted by Crippen LogP contribution is 2.24. The molecular formula is C24H26N4O4S. The van der Waals surface area contributed by atoms with Gasteiger partial charge < -0.3 is 15.0 Å². The van der Waals surface area contributed by atoms with Crippen molar-refractivity contribution in [3.63, 3.8) is 0 Å². The van der Waals surface area contributed by atoms with Gasteiger partial charge >= 0.3 is 0 Å². The van der Waals surface area contributed by atoms with Crippen LogP contribution < -0.4 is 15.8 Å². The average molecular weight is 467 g/mol. The van der Waals surface area contributed by atoms with Crippen LogP contribution in [0, 0.1) is 0 Å². The van der Waals surface area contributed by atoms with Gasteiger partial charge in [-0.1, -0.05) is 23.9 Å². The summed E-state index contributed by atoms with van der Waals surface area (Å²) in [7, 11) is 1.58. The SMILES string of the molecule is COC[C@@H](C)n1c(SCC(=O)Nc2ccc(N3CCCC3=O)cc2)nc2ccccc2c1=O. The number of amides is 2. The Morgan fingerprint density at radius 1 is 1.18 bits per heavy atom. The van der Waals surface area contributed by atoms with Crippen LogP contribution in [0.1, 0.15) is 25.8 Å². The Labute approximate surface area is 195 Å². The number of hydrogen-bond acceptors (Lipinski definition) is 6. The van der Waals surface area contributed by atoms with Crippen LogP contribution >= 0.6 is 11.8 Å². The monoisotopic (exact) mass is 466 g/mol. The fraction of sp³-hybridized carbons (Fsp3) is 0.333. The third kappa shape index (κ3) is 5.09. The molecule has 4 rings (SSSR count). The lowest BCUT2D eigenvalue weighted by atomic mass is 10.2. The van der Waals surface area contributed by atoms with Crippen molar-refractivity contribution in [2.45, 2.75) is 31.0 Å². The predicted molar refractivity (Wildman–Crippen MR) is 130 cm³/mol. The fourth-order valence-electron chi connectivity index (χ4n) is 3.90. The highest BCUT2D eigenvalue weighted by atomic mass is 32.2. The highest BCUT2D eigenvalue weighted by molar-refractivity contribution is 7.99. The number of nitrogens with zero attached hydrogens (tertiary/aromatic N) is 3. The Bertz CT molecular complexity index is 1230. The van der Waals surface area contributed by atoms with Crippen LogP contribution in [-0.2, 0) is 14.3 Å². The number of methoxy groups -OCH3 is 1. The summed E-state index contributed by atoms with van der Waals surface area (Å²) in [6.07, 6.45) is 1.44. The minimum absolute atomic E-state index is 0.0941. The number of carbonyl (C=O) groups is 2. The summed E-state index contributed by atoms with van der Waals surface area (Å²) in [6, 6.07) is 14.2. The standard InChI is InChI=1S/C24H26N4O4S/c1-16(14-32-2)28-23(31)19-6-3-4-7-20(19)26-24(28)33-15-21(29)25-17-9-11-18(12-10-17)27-13-5-8-22(27)30/h3-4,6-7,9-12,16H,5,8,13-15H2,1-2H3,(H,25,29)/t16-/m1/s1. The number of fused-ring (bicyclic) bond motifs is 1. The number of anilines is 2. The minimum Gasteiger partial charge on any atom is -0.383 e. The molecule has 1 saturated heterocycles. The van der Waals surface area contributed by atoms with E-state index >= 15 is 0 Å². The molecule has 0 unspecified atom stereocenters. The summed E-state index contributed by atoms with van der Waals surface area (Å²) in [5.74, 6) is 0.00906. The van der Waals surface area contributed by atoms with E-state index in [1.807, 2.05) is 31.2 Å². The largest absolute Gasteiger partial charge is 0.383 e. The summed E-state index contributed by atoms with van der Waals surface area (Å²) < 4.78 is 6.83. The van der Waals surface area contributed by atoms with Crippen molar-refractivity contribution in [1.29, 1.82) is 0 Å². The number of benzene rings is 2. The molecule has 0 bridgehead atoms. The van der Waals surface area contributed by atoms with Crippen LogP contribution in [0.25, 0.3) is 10.9 Å². The van der Waals surface area contributed by atoms with Crippen LogP contribution in [0.2, 0.25) is 0 Å². The number of para-hydroxylation sites is 1. The Morgan fingerprint density at radius 3 is 2.64 bits per heavy atom. The maximum absolute atomic E-state index is 13.1. The number of ether oxygens (including phenoxy) is 1. The molecule has 1 aliphatic rings. The molecule has 1 N–H and O–H groups in total. The topological polar surface area (TPSA) is 93.5 Å². The number of hydrogen-bond donors (Lipinski definition) is 1. The second-order valence-electron chi connectivity index (χ2n) is 7.92. The van der Waals surface area contributed by atoms with Crippen LogP contribution in [0.5, 0.6) is 0 Å². The molecule has 0 radical (unpaired) electrons. The number of aromatic nitrogens is 2. The number of nitrogens with one attached hydrogen (secondary N) is 1. The molecule has 1 aliphatic heterocycles. The van der Waals surface area contributed by atoms with E-state index in [1.54, 1.807) is 40.8 Å². The molecule has 1 atom stereocenters. The number of thioether (sulfide) groups is 1. The molecule has 2 amide bonds. The van der Waals surface area contributed by atoms with E-state index in [-0.39, 0.29) is 29.2 Å². The third-order valence-corrected chi connectivity index (χ3v) is 6.45. The van der Waals surface area contributed by atoms with Gasteiger partial charge in [0.25, 0.3) is 5.56 Å². The number of carbonyl (C=O) groups excluding carboxylic acids is 2. The van der Waals surface area contributed by atoms with Crippen molar-refractivity contribution in [1.82, 2.24) is 9.55 Å². The van der Waals surface area contributed by atoms with Gasteiger partial charge in [-0.15, -0.1) is 0 Å². The van der Waals surface area contributed by atoms with Crippen molar-refractivity contribution in [2.24, 2.45) is 0 Å². The van der Waals surface area contributed by atoms with E-state index in [9.17, 15) is 14.4 Å². The Morgan fingerprint density at radius 2 is 1.94 bits per heavy atom. The maximum Gasteiger partial charge on any atom is 0.262 e. The predicted octanol–water partition coefficient (Wildman–Crippen LogP) is 3.46. The van der Waals surface area contributed by atoms with Gasteiger partial charge in [-0.2, -0.15) is 0 Å².